The van der Waals surface area contributed by atoms with Crippen molar-refractivity contribution in [1.82, 2.24) is 15.3 Å². The number of nitrogens with zero attached hydrogens (tertiary/aromatic N) is 1. The van der Waals surface area contributed by atoms with Gasteiger partial charge >= 0.3 is 0 Å². The first-order valence-corrected chi connectivity index (χ1v) is 12.2. The Bertz CT molecular complexity index is 1540. The molecule has 1 amide bonds. The smallest absolute Gasteiger partial charge is 0.269 e. The number of hydrogen-bond donors (Lipinski definition) is 2. The molecule has 0 saturated heterocycles. The Morgan fingerprint density at radius 1 is 1.00 bits per heavy atom. The van der Waals surface area contributed by atoms with E-state index in [0.717, 1.165) is 32.9 Å². The van der Waals surface area contributed by atoms with Crippen LogP contribution in [0.4, 0.5) is 0 Å². The fourth-order valence-electron chi connectivity index (χ4n) is 4.32. The van der Waals surface area contributed by atoms with Crippen LogP contribution >= 0.6 is 11.6 Å². The van der Waals surface area contributed by atoms with Crippen LogP contribution in [0.5, 0.6) is 11.5 Å². The van der Waals surface area contributed by atoms with Crippen molar-refractivity contribution in [1.29, 1.82) is 0 Å². The number of rotatable bonds is 8. The monoisotopic (exact) mass is 499 g/mol. The predicted octanol–water partition coefficient (Wildman–Crippen LogP) is 6.42. The molecule has 3 aromatic carbocycles. The van der Waals surface area contributed by atoms with Crippen molar-refractivity contribution < 1.29 is 14.3 Å². The molecule has 0 saturated carbocycles. The minimum absolute atomic E-state index is 0.227. The second-order valence-corrected chi connectivity index (χ2v) is 8.82. The molecule has 2 heterocycles. The van der Waals surface area contributed by atoms with E-state index in [1.54, 1.807) is 7.11 Å². The first-order chi connectivity index (χ1) is 17.6. The number of carbonyl (C=O) groups excluding carboxylic acids is 1. The van der Waals surface area contributed by atoms with Crippen LogP contribution in [0.25, 0.3) is 33.1 Å². The van der Waals surface area contributed by atoms with E-state index in [1.165, 1.54) is 0 Å². The van der Waals surface area contributed by atoms with Crippen LogP contribution in [-0.2, 0) is 6.42 Å². The van der Waals surface area contributed by atoms with Gasteiger partial charge < -0.3 is 19.8 Å². The first kappa shape index (κ1) is 23.7. The zero-order valence-electron chi connectivity index (χ0n) is 20.1. The quantitative estimate of drug-likeness (QED) is 0.258. The Kier molecular flexibility index (Phi) is 6.78. The van der Waals surface area contributed by atoms with Gasteiger partial charge in [-0.25, -0.2) is 4.98 Å². The van der Waals surface area contributed by atoms with E-state index in [4.69, 9.17) is 26.1 Å². The van der Waals surface area contributed by atoms with Crippen LogP contribution in [0.15, 0.2) is 72.8 Å². The first-order valence-electron chi connectivity index (χ1n) is 11.8. The lowest BCUT2D eigenvalue weighted by atomic mass is 10.1. The van der Waals surface area contributed by atoms with E-state index in [9.17, 15) is 4.79 Å². The van der Waals surface area contributed by atoms with Gasteiger partial charge in [0.05, 0.1) is 24.9 Å². The van der Waals surface area contributed by atoms with Gasteiger partial charge in [0, 0.05) is 33.4 Å². The zero-order chi connectivity index (χ0) is 25.1. The van der Waals surface area contributed by atoms with Gasteiger partial charge in [-0.1, -0.05) is 41.9 Å². The van der Waals surface area contributed by atoms with E-state index in [-0.39, 0.29) is 5.91 Å². The standard InChI is InChI=1S/C29H26ClN3O3/c1-3-36-25-13-10-19(16-26(25)35-2)27-28-22(21-6-4-5-7-23(21)32-28)17-24(33-27)29(34)31-15-14-18-8-11-20(30)12-9-18/h4-13,16-17,32H,3,14-15H2,1-2H3,(H,31,34). The number of para-hydroxylation sites is 1. The number of amides is 1. The van der Waals surface area contributed by atoms with Crippen molar-refractivity contribution >= 4 is 39.3 Å². The molecule has 2 N–H and O–H groups in total. The van der Waals surface area contributed by atoms with E-state index in [1.807, 2.05) is 79.7 Å². The van der Waals surface area contributed by atoms with Gasteiger partial charge in [0.25, 0.3) is 5.91 Å². The maximum absolute atomic E-state index is 13.2. The van der Waals surface area contributed by atoms with Crippen LogP contribution in [0.1, 0.15) is 23.0 Å². The summed E-state index contributed by atoms with van der Waals surface area (Å²) in [6.45, 7) is 2.95. The van der Waals surface area contributed by atoms with Gasteiger partial charge in [-0.05, 0) is 61.4 Å². The number of aromatic nitrogens is 2. The second kappa shape index (κ2) is 10.3. The highest BCUT2D eigenvalue weighted by atomic mass is 35.5. The highest BCUT2D eigenvalue weighted by Crippen LogP contribution is 2.36. The van der Waals surface area contributed by atoms with Crippen LogP contribution in [-0.4, -0.2) is 36.1 Å². The van der Waals surface area contributed by atoms with Gasteiger partial charge in [-0.2, -0.15) is 0 Å². The number of carbonyl (C=O) groups is 1. The fourth-order valence-corrected chi connectivity index (χ4v) is 4.45. The fraction of sp³-hybridized carbons (Fsp3) is 0.172. The second-order valence-electron chi connectivity index (χ2n) is 8.38. The molecule has 0 aliphatic heterocycles. The Morgan fingerprint density at radius 2 is 1.81 bits per heavy atom. The number of halogens is 1. The highest BCUT2D eigenvalue weighted by molar-refractivity contribution is 6.30. The van der Waals surface area contributed by atoms with Crippen molar-refractivity contribution in [2.45, 2.75) is 13.3 Å². The number of benzene rings is 3. The minimum Gasteiger partial charge on any atom is -0.493 e. The van der Waals surface area contributed by atoms with E-state index < -0.39 is 0 Å². The summed E-state index contributed by atoms with van der Waals surface area (Å²) in [6, 6.07) is 23.2. The molecule has 0 bridgehead atoms. The molecule has 0 aliphatic carbocycles. The van der Waals surface area contributed by atoms with E-state index in [2.05, 4.69) is 10.3 Å². The zero-order valence-corrected chi connectivity index (χ0v) is 20.9. The molecule has 6 nitrogen and oxygen atoms in total. The summed E-state index contributed by atoms with van der Waals surface area (Å²) in [5.41, 5.74) is 4.79. The van der Waals surface area contributed by atoms with E-state index >= 15 is 0 Å². The molecule has 182 valence electrons. The van der Waals surface area contributed by atoms with Crippen LogP contribution < -0.4 is 14.8 Å². The number of nitrogens with one attached hydrogen (secondary N) is 2. The Morgan fingerprint density at radius 3 is 2.58 bits per heavy atom. The molecule has 0 unspecified atom stereocenters. The minimum atomic E-state index is -0.227. The molecule has 7 heteroatoms. The van der Waals surface area contributed by atoms with Crippen molar-refractivity contribution in [3.05, 3.63) is 89.1 Å². The maximum atomic E-state index is 13.2. The Hall–Kier alpha value is -4.03. The van der Waals surface area contributed by atoms with Crippen molar-refractivity contribution in [3.8, 4) is 22.8 Å². The topological polar surface area (TPSA) is 76.2 Å². The number of hydrogen-bond acceptors (Lipinski definition) is 4. The third kappa shape index (κ3) is 4.72. The Labute approximate surface area is 214 Å². The van der Waals surface area contributed by atoms with Gasteiger partial charge in [-0.15, -0.1) is 0 Å². The van der Waals surface area contributed by atoms with Crippen molar-refractivity contribution in [3.63, 3.8) is 0 Å². The third-order valence-corrected chi connectivity index (χ3v) is 6.33. The lowest BCUT2D eigenvalue weighted by molar-refractivity contribution is 0.0949. The molecule has 0 radical (unpaired) electrons. The lowest BCUT2D eigenvalue weighted by Gasteiger charge is -2.12. The average molecular weight is 500 g/mol. The number of aromatic amines is 1. The van der Waals surface area contributed by atoms with Gasteiger partial charge in [0.2, 0.25) is 0 Å². The predicted molar refractivity (Wildman–Crippen MR) is 144 cm³/mol. The summed E-state index contributed by atoms with van der Waals surface area (Å²) >= 11 is 5.97. The summed E-state index contributed by atoms with van der Waals surface area (Å²) in [5.74, 6) is 1.04. The largest absolute Gasteiger partial charge is 0.493 e. The molecular formula is C29H26ClN3O3. The molecule has 0 atom stereocenters. The molecule has 5 rings (SSSR count). The van der Waals surface area contributed by atoms with Crippen molar-refractivity contribution in [2.24, 2.45) is 0 Å². The molecule has 0 fully saturated rings. The summed E-state index contributed by atoms with van der Waals surface area (Å²) in [5, 5.41) is 5.66. The number of ether oxygens (including phenoxy) is 2. The summed E-state index contributed by atoms with van der Waals surface area (Å²) in [4.78, 5) is 21.5. The molecular weight excluding hydrogens is 474 g/mol. The molecule has 0 aliphatic rings. The van der Waals surface area contributed by atoms with Gasteiger partial charge in [0.1, 0.15) is 5.69 Å². The van der Waals surface area contributed by atoms with Crippen molar-refractivity contribution in [2.75, 3.05) is 20.3 Å². The van der Waals surface area contributed by atoms with Crippen LogP contribution in [0.3, 0.4) is 0 Å². The summed E-state index contributed by atoms with van der Waals surface area (Å²) < 4.78 is 11.2. The Balaban J connectivity index is 1.53. The van der Waals surface area contributed by atoms with E-state index in [0.29, 0.717) is 47.5 Å². The van der Waals surface area contributed by atoms with Gasteiger partial charge in [-0.3, -0.25) is 4.79 Å². The molecule has 5 aromatic rings. The SMILES string of the molecule is CCOc1ccc(-c2nc(C(=O)NCCc3ccc(Cl)cc3)cc3c2[nH]c2ccccc23)cc1OC. The van der Waals surface area contributed by atoms with Crippen LogP contribution in [0.2, 0.25) is 5.02 Å². The number of fused-ring (bicyclic) bond motifs is 3. The maximum Gasteiger partial charge on any atom is 0.269 e. The normalized spacial score (nSPS) is 11.1. The average Bonchev–Trinajstić information content (AvgIpc) is 3.28. The highest BCUT2D eigenvalue weighted by Gasteiger charge is 2.18. The molecule has 2 aromatic heterocycles. The third-order valence-electron chi connectivity index (χ3n) is 6.08. The van der Waals surface area contributed by atoms with Gasteiger partial charge in [0.15, 0.2) is 11.5 Å². The molecule has 0 spiro atoms. The summed E-state index contributed by atoms with van der Waals surface area (Å²) in [7, 11) is 1.61. The number of H-pyrrole nitrogens is 1. The lowest BCUT2D eigenvalue weighted by Crippen LogP contribution is -2.26. The molecule has 36 heavy (non-hydrogen) atoms. The number of pyridine rings is 1. The number of methoxy groups -OCH3 is 1. The van der Waals surface area contributed by atoms with Crippen LogP contribution in [0, 0.1) is 0 Å². The summed E-state index contributed by atoms with van der Waals surface area (Å²) in [6.07, 6.45) is 0.696.